The highest BCUT2D eigenvalue weighted by Crippen LogP contribution is 2.11. The van der Waals surface area contributed by atoms with Gasteiger partial charge in [0.1, 0.15) is 11.2 Å². The largest absolute Gasteiger partial charge is 0.338 e. The normalized spacial score (nSPS) is 15.1. The predicted molar refractivity (Wildman–Crippen MR) is 71.3 cm³/mol. The lowest BCUT2D eigenvalue weighted by atomic mass is 10.2. The van der Waals surface area contributed by atoms with Crippen molar-refractivity contribution in [3.05, 3.63) is 46.0 Å². The number of nitrogens with zero attached hydrogens (tertiary/aromatic N) is 3. The fourth-order valence-corrected chi connectivity index (χ4v) is 2.48. The van der Waals surface area contributed by atoms with Crippen LogP contribution >= 0.6 is 0 Å². The van der Waals surface area contributed by atoms with Crippen molar-refractivity contribution in [2.75, 3.05) is 13.1 Å². The molecule has 5 nitrogen and oxygen atoms in total. The molecule has 1 aliphatic heterocycles. The zero-order valence-corrected chi connectivity index (χ0v) is 10.8. The molecule has 2 aromatic heterocycles. The van der Waals surface area contributed by atoms with Crippen LogP contribution in [0.2, 0.25) is 0 Å². The second-order valence-corrected chi connectivity index (χ2v) is 4.86. The Kier molecular flexibility index (Phi) is 2.81. The maximum absolute atomic E-state index is 12.4. The molecule has 1 fully saturated rings. The minimum Gasteiger partial charge on any atom is -0.338 e. The number of amides is 1. The summed E-state index contributed by atoms with van der Waals surface area (Å²) in [6.45, 7) is 3.35. The Hall–Kier alpha value is -2.17. The maximum atomic E-state index is 12.4. The Bertz CT molecular complexity index is 699. The summed E-state index contributed by atoms with van der Waals surface area (Å²) < 4.78 is 1.44. The quantitative estimate of drug-likeness (QED) is 0.772. The van der Waals surface area contributed by atoms with Crippen molar-refractivity contribution in [1.82, 2.24) is 14.3 Å². The van der Waals surface area contributed by atoms with Crippen LogP contribution in [0.4, 0.5) is 0 Å². The summed E-state index contributed by atoms with van der Waals surface area (Å²) in [7, 11) is 0. The number of rotatable bonds is 1. The highest BCUT2D eigenvalue weighted by Gasteiger charge is 2.22. The van der Waals surface area contributed by atoms with Crippen molar-refractivity contribution in [2.24, 2.45) is 0 Å². The first-order valence-electron chi connectivity index (χ1n) is 6.45. The van der Waals surface area contributed by atoms with Crippen LogP contribution in [0.3, 0.4) is 0 Å². The summed E-state index contributed by atoms with van der Waals surface area (Å²) in [5.41, 5.74) is 1.39. The number of likely N-dealkylation sites (tertiary alicyclic amines) is 1. The third-order valence-electron chi connectivity index (χ3n) is 3.55. The van der Waals surface area contributed by atoms with Crippen molar-refractivity contribution >= 4 is 11.6 Å². The smallest absolute Gasteiger partial charge is 0.270 e. The van der Waals surface area contributed by atoms with Gasteiger partial charge in [-0.3, -0.25) is 14.0 Å². The Morgan fingerprint density at radius 2 is 2.05 bits per heavy atom. The zero-order valence-electron chi connectivity index (χ0n) is 10.8. The SMILES string of the molecule is Cc1cccn2c(=O)c(C(=O)N3CCCC3)cnc12. The first kappa shape index (κ1) is 11.9. The minimum atomic E-state index is -0.286. The molecular formula is C14H15N3O2. The number of pyridine rings is 1. The lowest BCUT2D eigenvalue weighted by Gasteiger charge is -2.14. The van der Waals surface area contributed by atoms with Gasteiger partial charge < -0.3 is 4.90 Å². The van der Waals surface area contributed by atoms with Crippen molar-refractivity contribution < 1.29 is 4.79 Å². The Labute approximate surface area is 110 Å². The number of carbonyl (C=O) groups excluding carboxylic acids is 1. The monoisotopic (exact) mass is 257 g/mol. The molecule has 0 aromatic carbocycles. The van der Waals surface area contributed by atoms with Gasteiger partial charge in [0.05, 0.1) is 0 Å². The fraction of sp³-hybridized carbons (Fsp3) is 0.357. The molecule has 3 rings (SSSR count). The van der Waals surface area contributed by atoms with Crippen LogP contribution in [0.1, 0.15) is 28.8 Å². The van der Waals surface area contributed by atoms with Gasteiger partial charge in [-0.25, -0.2) is 4.98 Å². The van der Waals surface area contributed by atoms with Gasteiger partial charge in [0, 0.05) is 25.5 Å². The predicted octanol–water partition coefficient (Wildman–Crippen LogP) is 1.24. The van der Waals surface area contributed by atoms with Crippen molar-refractivity contribution in [3.63, 3.8) is 0 Å². The van der Waals surface area contributed by atoms with Gasteiger partial charge in [-0.05, 0) is 31.4 Å². The number of aromatic nitrogens is 2. The second kappa shape index (κ2) is 4.50. The minimum absolute atomic E-state index is 0.157. The summed E-state index contributed by atoms with van der Waals surface area (Å²) >= 11 is 0. The third-order valence-corrected chi connectivity index (χ3v) is 3.55. The molecule has 2 aromatic rings. The average molecular weight is 257 g/mol. The Balaban J connectivity index is 2.13. The van der Waals surface area contributed by atoms with Crippen LogP contribution in [0.15, 0.2) is 29.3 Å². The summed E-state index contributed by atoms with van der Waals surface area (Å²) in [4.78, 5) is 30.6. The molecule has 1 saturated heterocycles. The first-order chi connectivity index (χ1) is 9.18. The summed E-state index contributed by atoms with van der Waals surface area (Å²) in [5, 5.41) is 0. The molecule has 0 N–H and O–H groups in total. The van der Waals surface area contributed by atoms with E-state index in [0.717, 1.165) is 31.5 Å². The summed E-state index contributed by atoms with van der Waals surface area (Å²) in [6.07, 6.45) is 5.07. The maximum Gasteiger partial charge on any atom is 0.270 e. The number of aryl methyl sites for hydroxylation is 1. The van der Waals surface area contributed by atoms with E-state index in [2.05, 4.69) is 4.98 Å². The van der Waals surface area contributed by atoms with E-state index in [-0.39, 0.29) is 17.0 Å². The number of hydrogen-bond acceptors (Lipinski definition) is 3. The lowest BCUT2D eigenvalue weighted by molar-refractivity contribution is 0.0790. The first-order valence-corrected chi connectivity index (χ1v) is 6.45. The molecule has 0 radical (unpaired) electrons. The topological polar surface area (TPSA) is 54.7 Å². The average Bonchev–Trinajstić information content (AvgIpc) is 2.93. The molecule has 1 aliphatic rings. The summed E-state index contributed by atoms with van der Waals surface area (Å²) in [5.74, 6) is -0.203. The third kappa shape index (κ3) is 1.91. The van der Waals surface area contributed by atoms with Crippen molar-refractivity contribution in [1.29, 1.82) is 0 Å². The van der Waals surface area contributed by atoms with Crippen LogP contribution in [0.5, 0.6) is 0 Å². The van der Waals surface area contributed by atoms with Crippen LogP contribution in [0, 0.1) is 6.92 Å². The molecule has 0 spiro atoms. The standard InChI is InChI=1S/C14H15N3O2/c1-10-5-4-8-17-12(10)15-9-11(14(17)19)13(18)16-6-2-3-7-16/h4-5,8-9H,2-3,6-7H2,1H3. The van der Waals surface area contributed by atoms with Gasteiger partial charge in [0.2, 0.25) is 0 Å². The number of carbonyl (C=O) groups is 1. The fourth-order valence-electron chi connectivity index (χ4n) is 2.48. The Morgan fingerprint density at radius 3 is 2.79 bits per heavy atom. The van der Waals surface area contributed by atoms with Crippen molar-refractivity contribution in [2.45, 2.75) is 19.8 Å². The van der Waals surface area contributed by atoms with E-state index in [4.69, 9.17) is 0 Å². The molecular weight excluding hydrogens is 242 g/mol. The van der Waals surface area contributed by atoms with E-state index in [1.807, 2.05) is 13.0 Å². The highest BCUT2D eigenvalue weighted by atomic mass is 16.2. The van der Waals surface area contributed by atoms with Gasteiger partial charge in [0.25, 0.3) is 11.5 Å². The molecule has 0 saturated carbocycles. The van der Waals surface area contributed by atoms with Gasteiger partial charge in [-0.2, -0.15) is 0 Å². The van der Waals surface area contributed by atoms with Gasteiger partial charge in [-0.1, -0.05) is 6.07 Å². The summed E-state index contributed by atoms with van der Waals surface area (Å²) in [6, 6.07) is 3.68. The Morgan fingerprint density at radius 1 is 1.32 bits per heavy atom. The van der Waals surface area contributed by atoms with Gasteiger partial charge in [-0.15, -0.1) is 0 Å². The molecule has 0 atom stereocenters. The van der Waals surface area contributed by atoms with E-state index >= 15 is 0 Å². The molecule has 1 amide bonds. The lowest BCUT2D eigenvalue weighted by Crippen LogP contribution is -2.34. The molecule has 0 bridgehead atoms. The molecule has 98 valence electrons. The van der Waals surface area contributed by atoms with Gasteiger partial charge >= 0.3 is 0 Å². The van der Waals surface area contributed by atoms with E-state index in [1.165, 1.54) is 10.6 Å². The van der Waals surface area contributed by atoms with Gasteiger partial charge in [0.15, 0.2) is 0 Å². The molecule has 0 unspecified atom stereocenters. The van der Waals surface area contributed by atoms with Crippen molar-refractivity contribution in [3.8, 4) is 0 Å². The highest BCUT2D eigenvalue weighted by molar-refractivity contribution is 5.94. The second-order valence-electron chi connectivity index (χ2n) is 4.86. The molecule has 3 heterocycles. The molecule has 5 heteroatoms. The van der Waals surface area contributed by atoms with Crippen LogP contribution in [-0.2, 0) is 0 Å². The number of hydrogen-bond donors (Lipinski definition) is 0. The molecule has 0 aliphatic carbocycles. The zero-order chi connectivity index (χ0) is 13.4. The van der Waals surface area contributed by atoms with E-state index < -0.39 is 0 Å². The molecule has 19 heavy (non-hydrogen) atoms. The van der Waals surface area contributed by atoms with E-state index in [9.17, 15) is 9.59 Å². The van der Waals surface area contributed by atoms with Crippen LogP contribution in [0.25, 0.3) is 5.65 Å². The van der Waals surface area contributed by atoms with Crippen LogP contribution in [-0.4, -0.2) is 33.3 Å². The number of fused-ring (bicyclic) bond motifs is 1. The van der Waals surface area contributed by atoms with E-state index in [1.54, 1.807) is 17.2 Å². The van der Waals surface area contributed by atoms with Crippen LogP contribution < -0.4 is 5.56 Å². The van der Waals surface area contributed by atoms with E-state index in [0.29, 0.717) is 5.65 Å².